The predicted molar refractivity (Wildman–Crippen MR) is 67.2 cm³/mol. The molecule has 1 unspecified atom stereocenters. The average Bonchev–Trinajstić information content (AvgIpc) is 2.84. The number of aliphatic carboxylic acids is 1. The molecule has 0 aliphatic heterocycles. The van der Waals surface area contributed by atoms with E-state index >= 15 is 0 Å². The molecule has 2 aromatic rings. The fourth-order valence-corrected chi connectivity index (χ4v) is 1.68. The van der Waals surface area contributed by atoms with Crippen molar-refractivity contribution in [2.45, 2.75) is 26.8 Å². The van der Waals surface area contributed by atoms with Gasteiger partial charge >= 0.3 is 5.97 Å². The molecule has 0 amide bonds. The molecule has 0 bridgehead atoms. The number of carbonyl (C=O) groups is 1. The van der Waals surface area contributed by atoms with E-state index < -0.39 is 11.9 Å². The predicted octanol–water partition coefficient (Wildman–Crippen LogP) is 1.15. The topological polar surface area (TPSA) is 93.8 Å². The molecule has 0 aliphatic carbocycles. The molecule has 7 nitrogen and oxygen atoms in total. The molecule has 0 fully saturated rings. The summed E-state index contributed by atoms with van der Waals surface area (Å²) in [5.74, 6) is -0.631. The van der Waals surface area contributed by atoms with Gasteiger partial charge in [-0.1, -0.05) is 6.92 Å². The van der Waals surface area contributed by atoms with E-state index in [1.165, 1.54) is 0 Å². The summed E-state index contributed by atoms with van der Waals surface area (Å²) in [7, 11) is 0. The molecule has 0 saturated heterocycles. The molecular formula is C12H15N5O2. The van der Waals surface area contributed by atoms with Crippen LogP contribution >= 0.6 is 0 Å². The van der Waals surface area contributed by atoms with Gasteiger partial charge in [0.05, 0.1) is 5.92 Å². The zero-order valence-electron chi connectivity index (χ0n) is 10.8. The molecule has 1 N–H and O–H groups in total. The van der Waals surface area contributed by atoms with E-state index in [4.69, 9.17) is 5.11 Å². The first-order valence-electron chi connectivity index (χ1n) is 5.99. The maximum Gasteiger partial charge on any atom is 0.306 e. The normalized spacial score (nSPS) is 12.3. The molecule has 1 atom stereocenters. The van der Waals surface area contributed by atoms with Gasteiger partial charge in [0.2, 0.25) is 0 Å². The Kier molecular flexibility index (Phi) is 3.84. The van der Waals surface area contributed by atoms with Crippen molar-refractivity contribution in [1.29, 1.82) is 0 Å². The summed E-state index contributed by atoms with van der Waals surface area (Å²) in [6.07, 6.45) is 3.92. The second kappa shape index (κ2) is 5.55. The maximum atomic E-state index is 10.8. The lowest BCUT2D eigenvalue weighted by Crippen LogP contribution is -2.14. The molecule has 0 saturated carbocycles. The van der Waals surface area contributed by atoms with Crippen LogP contribution in [0.1, 0.15) is 18.9 Å². The van der Waals surface area contributed by atoms with Gasteiger partial charge in [0.15, 0.2) is 5.82 Å². The molecule has 0 spiro atoms. The van der Waals surface area contributed by atoms with Crippen molar-refractivity contribution < 1.29 is 9.90 Å². The van der Waals surface area contributed by atoms with E-state index in [1.54, 1.807) is 24.0 Å². The van der Waals surface area contributed by atoms with Gasteiger partial charge in [-0.3, -0.25) is 9.78 Å². The average molecular weight is 261 g/mol. The van der Waals surface area contributed by atoms with Crippen LogP contribution in [0.2, 0.25) is 0 Å². The van der Waals surface area contributed by atoms with Gasteiger partial charge in [0.1, 0.15) is 0 Å². The number of nitrogens with zero attached hydrogens (tertiary/aromatic N) is 5. The Morgan fingerprint density at radius 3 is 2.95 bits per heavy atom. The third-order valence-electron chi connectivity index (χ3n) is 2.86. The van der Waals surface area contributed by atoms with Crippen LogP contribution in [0.15, 0.2) is 18.5 Å². The largest absolute Gasteiger partial charge is 0.481 e. The number of rotatable bonds is 5. The number of pyridine rings is 1. The van der Waals surface area contributed by atoms with Crippen LogP contribution in [0.25, 0.3) is 11.4 Å². The van der Waals surface area contributed by atoms with Gasteiger partial charge in [-0.2, -0.15) is 0 Å². The van der Waals surface area contributed by atoms with E-state index in [0.29, 0.717) is 18.8 Å². The third-order valence-corrected chi connectivity index (χ3v) is 2.86. The summed E-state index contributed by atoms with van der Waals surface area (Å²) < 4.78 is 1.61. The Labute approximate surface area is 110 Å². The second-order valence-electron chi connectivity index (χ2n) is 4.50. The SMILES string of the molecule is Cc1cncc(-c2nnnn2CCC(C)C(=O)O)c1. The van der Waals surface area contributed by atoms with Gasteiger partial charge < -0.3 is 5.11 Å². The van der Waals surface area contributed by atoms with Crippen LogP contribution in [-0.4, -0.2) is 36.3 Å². The smallest absolute Gasteiger partial charge is 0.306 e. The number of aryl methyl sites for hydroxylation is 2. The van der Waals surface area contributed by atoms with Crippen LogP contribution in [0.4, 0.5) is 0 Å². The lowest BCUT2D eigenvalue weighted by atomic mass is 10.1. The minimum absolute atomic E-state index is 0.423. The van der Waals surface area contributed by atoms with Crippen molar-refractivity contribution in [1.82, 2.24) is 25.2 Å². The van der Waals surface area contributed by atoms with E-state index in [9.17, 15) is 4.79 Å². The first kappa shape index (κ1) is 13.1. The zero-order valence-corrected chi connectivity index (χ0v) is 10.8. The molecule has 2 rings (SSSR count). The summed E-state index contributed by atoms with van der Waals surface area (Å²) >= 11 is 0. The minimum Gasteiger partial charge on any atom is -0.481 e. The van der Waals surface area contributed by atoms with Crippen LogP contribution < -0.4 is 0 Å². The summed E-state index contributed by atoms with van der Waals surface area (Å²) in [6.45, 7) is 4.07. The zero-order chi connectivity index (χ0) is 13.8. The van der Waals surface area contributed by atoms with Crippen LogP contribution in [0, 0.1) is 12.8 Å². The minimum atomic E-state index is -0.813. The fourth-order valence-electron chi connectivity index (χ4n) is 1.68. The molecule has 100 valence electrons. The number of aromatic nitrogens is 5. The Bertz CT molecular complexity index is 581. The number of hydrogen-bond donors (Lipinski definition) is 1. The standard InChI is InChI=1S/C12H15N5O2/c1-8-5-10(7-13-6-8)11-14-15-16-17(11)4-3-9(2)12(18)19/h5-7,9H,3-4H2,1-2H3,(H,18,19). The van der Waals surface area contributed by atoms with E-state index in [0.717, 1.165) is 11.1 Å². The van der Waals surface area contributed by atoms with Gasteiger partial charge in [0, 0.05) is 24.5 Å². The highest BCUT2D eigenvalue weighted by atomic mass is 16.4. The Hall–Kier alpha value is -2.31. The highest BCUT2D eigenvalue weighted by molar-refractivity contribution is 5.69. The molecule has 0 radical (unpaired) electrons. The van der Waals surface area contributed by atoms with Crippen LogP contribution in [0.5, 0.6) is 0 Å². The summed E-state index contributed by atoms with van der Waals surface area (Å²) in [6, 6.07) is 1.94. The summed E-state index contributed by atoms with van der Waals surface area (Å²) in [5, 5.41) is 20.4. The Morgan fingerprint density at radius 2 is 2.26 bits per heavy atom. The highest BCUT2D eigenvalue weighted by Gasteiger charge is 2.14. The van der Waals surface area contributed by atoms with Crippen molar-refractivity contribution >= 4 is 5.97 Å². The van der Waals surface area contributed by atoms with Gasteiger partial charge in [-0.05, 0) is 35.4 Å². The monoisotopic (exact) mass is 261 g/mol. The molecule has 0 aliphatic rings. The number of carboxylic acid groups (broad SMARTS) is 1. The first-order chi connectivity index (χ1) is 9.08. The quantitative estimate of drug-likeness (QED) is 0.867. The highest BCUT2D eigenvalue weighted by Crippen LogP contribution is 2.16. The van der Waals surface area contributed by atoms with Gasteiger partial charge in [-0.15, -0.1) is 5.10 Å². The van der Waals surface area contributed by atoms with Crippen molar-refractivity contribution in [2.75, 3.05) is 0 Å². The Morgan fingerprint density at radius 1 is 1.47 bits per heavy atom. The molecule has 2 heterocycles. The lowest BCUT2D eigenvalue weighted by molar-refractivity contribution is -0.141. The van der Waals surface area contributed by atoms with E-state index in [-0.39, 0.29) is 0 Å². The Balaban J connectivity index is 2.16. The van der Waals surface area contributed by atoms with Crippen molar-refractivity contribution in [3.8, 4) is 11.4 Å². The maximum absolute atomic E-state index is 10.8. The summed E-state index contributed by atoms with van der Waals surface area (Å²) in [4.78, 5) is 14.9. The van der Waals surface area contributed by atoms with E-state index in [2.05, 4.69) is 20.5 Å². The van der Waals surface area contributed by atoms with Gasteiger partial charge in [-0.25, -0.2) is 4.68 Å². The lowest BCUT2D eigenvalue weighted by Gasteiger charge is -2.07. The molecule has 19 heavy (non-hydrogen) atoms. The first-order valence-corrected chi connectivity index (χ1v) is 5.99. The second-order valence-corrected chi connectivity index (χ2v) is 4.50. The van der Waals surface area contributed by atoms with Crippen molar-refractivity contribution in [3.63, 3.8) is 0 Å². The summed E-state index contributed by atoms with van der Waals surface area (Å²) in [5.41, 5.74) is 1.85. The van der Waals surface area contributed by atoms with Crippen molar-refractivity contribution in [3.05, 3.63) is 24.0 Å². The van der Waals surface area contributed by atoms with E-state index in [1.807, 2.05) is 13.0 Å². The molecule has 7 heteroatoms. The van der Waals surface area contributed by atoms with Gasteiger partial charge in [0.25, 0.3) is 0 Å². The van der Waals surface area contributed by atoms with Crippen LogP contribution in [-0.2, 0) is 11.3 Å². The number of tetrazole rings is 1. The fraction of sp³-hybridized carbons (Fsp3) is 0.417. The third kappa shape index (κ3) is 3.12. The number of hydrogen-bond acceptors (Lipinski definition) is 5. The van der Waals surface area contributed by atoms with Crippen LogP contribution in [0.3, 0.4) is 0 Å². The molecule has 0 aromatic carbocycles. The van der Waals surface area contributed by atoms with Crippen molar-refractivity contribution in [2.24, 2.45) is 5.92 Å². The molecular weight excluding hydrogens is 246 g/mol. The molecule has 2 aromatic heterocycles. The number of carboxylic acids is 1.